The lowest BCUT2D eigenvalue weighted by atomic mass is 10.2. The Morgan fingerprint density at radius 2 is 2.19 bits per heavy atom. The maximum absolute atomic E-state index is 12.0. The maximum Gasteiger partial charge on any atom is 0.246 e. The summed E-state index contributed by atoms with van der Waals surface area (Å²) in [7, 11) is 0. The van der Waals surface area contributed by atoms with Gasteiger partial charge in [-0.3, -0.25) is 9.78 Å². The van der Waals surface area contributed by atoms with Crippen LogP contribution in [-0.2, 0) is 17.9 Å². The first-order chi connectivity index (χ1) is 10.2. The summed E-state index contributed by atoms with van der Waals surface area (Å²) >= 11 is 0. The first-order valence-electron chi connectivity index (χ1n) is 6.48. The van der Waals surface area contributed by atoms with Crippen molar-refractivity contribution in [2.45, 2.75) is 13.1 Å². The van der Waals surface area contributed by atoms with E-state index in [1.165, 1.54) is 4.68 Å². The third kappa shape index (κ3) is 3.03. The third-order valence-corrected chi connectivity index (χ3v) is 2.98. The van der Waals surface area contributed by atoms with E-state index in [1.54, 1.807) is 12.4 Å². The standard InChI is InChI=1S/C14H14N6O/c15-6-12-8-20(19-18-12)9-14(21)17-11-5-10-3-1-2-4-13(10)16-7-11/h1-5,7-8H,6,9,15H2,(H,17,21). The van der Waals surface area contributed by atoms with Crippen molar-refractivity contribution in [3.8, 4) is 0 Å². The minimum atomic E-state index is -0.194. The van der Waals surface area contributed by atoms with E-state index in [-0.39, 0.29) is 12.5 Å². The maximum atomic E-state index is 12.0. The minimum Gasteiger partial charge on any atom is -0.325 e. The van der Waals surface area contributed by atoms with Crippen LogP contribution in [0.5, 0.6) is 0 Å². The quantitative estimate of drug-likeness (QED) is 0.741. The monoisotopic (exact) mass is 282 g/mol. The molecule has 3 aromatic rings. The summed E-state index contributed by atoms with van der Waals surface area (Å²) < 4.78 is 1.45. The van der Waals surface area contributed by atoms with Crippen molar-refractivity contribution in [2.24, 2.45) is 5.73 Å². The molecule has 2 heterocycles. The first-order valence-corrected chi connectivity index (χ1v) is 6.48. The van der Waals surface area contributed by atoms with Crippen LogP contribution in [0.1, 0.15) is 5.69 Å². The minimum absolute atomic E-state index is 0.0832. The van der Waals surface area contributed by atoms with Gasteiger partial charge in [-0.05, 0) is 12.1 Å². The van der Waals surface area contributed by atoms with Gasteiger partial charge in [0.2, 0.25) is 5.91 Å². The van der Waals surface area contributed by atoms with E-state index in [0.29, 0.717) is 17.9 Å². The number of carbonyl (C=O) groups excluding carboxylic acids is 1. The molecule has 0 aliphatic heterocycles. The highest BCUT2D eigenvalue weighted by molar-refractivity contribution is 5.92. The third-order valence-electron chi connectivity index (χ3n) is 2.98. The SMILES string of the molecule is NCc1cn(CC(=O)Nc2cnc3ccccc3c2)nn1. The van der Waals surface area contributed by atoms with Gasteiger partial charge in [0, 0.05) is 11.9 Å². The number of para-hydroxylation sites is 1. The Morgan fingerprint density at radius 3 is 3.00 bits per heavy atom. The second kappa shape index (κ2) is 5.68. The fraction of sp³-hybridized carbons (Fsp3) is 0.143. The van der Waals surface area contributed by atoms with Crippen LogP contribution in [0, 0.1) is 0 Å². The Labute approximate surface area is 120 Å². The molecule has 0 atom stereocenters. The highest BCUT2D eigenvalue weighted by Gasteiger charge is 2.06. The molecular formula is C14H14N6O. The molecule has 3 rings (SSSR count). The summed E-state index contributed by atoms with van der Waals surface area (Å²) in [5.74, 6) is -0.194. The second-order valence-corrected chi connectivity index (χ2v) is 4.58. The van der Waals surface area contributed by atoms with Crippen molar-refractivity contribution >= 4 is 22.5 Å². The Bertz CT molecular complexity index is 782. The number of benzene rings is 1. The number of nitrogens with one attached hydrogen (secondary N) is 1. The van der Waals surface area contributed by atoms with Crippen molar-refractivity contribution in [1.29, 1.82) is 0 Å². The van der Waals surface area contributed by atoms with Gasteiger partial charge in [-0.2, -0.15) is 0 Å². The zero-order valence-corrected chi connectivity index (χ0v) is 11.2. The number of rotatable bonds is 4. The Kier molecular flexibility index (Phi) is 3.57. The normalized spacial score (nSPS) is 10.7. The van der Waals surface area contributed by atoms with Crippen LogP contribution in [-0.4, -0.2) is 25.9 Å². The molecule has 7 nitrogen and oxygen atoms in total. The number of amides is 1. The molecule has 0 spiro atoms. The number of hydrogen-bond donors (Lipinski definition) is 2. The molecule has 2 aromatic heterocycles. The van der Waals surface area contributed by atoms with Gasteiger partial charge in [0.1, 0.15) is 6.54 Å². The molecule has 21 heavy (non-hydrogen) atoms. The molecule has 1 aromatic carbocycles. The van der Waals surface area contributed by atoms with Gasteiger partial charge >= 0.3 is 0 Å². The Morgan fingerprint density at radius 1 is 1.33 bits per heavy atom. The van der Waals surface area contributed by atoms with Crippen molar-refractivity contribution in [2.75, 3.05) is 5.32 Å². The van der Waals surface area contributed by atoms with Crippen LogP contribution < -0.4 is 11.1 Å². The second-order valence-electron chi connectivity index (χ2n) is 4.58. The number of carbonyl (C=O) groups is 1. The summed E-state index contributed by atoms with van der Waals surface area (Å²) in [5.41, 5.74) is 7.63. The molecule has 0 saturated heterocycles. The Hall–Kier alpha value is -2.80. The van der Waals surface area contributed by atoms with Gasteiger partial charge < -0.3 is 11.1 Å². The fourth-order valence-electron chi connectivity index (χ4n) is 2.00. The number of pyridine rings is 1. The summed E-state index contributed by atoms with van der Waals surface area (Å²) in [6.45, 7) is 0.385. The first kappa shape index (κ1) is 13.2. The van der Waals surface area contributed by atoms with E-state index in [0.717, 1.165) is 10.9 Å². The molecule has 3 N–H and O–H groups in total. The lowest BCUT2D eigenvalue weighted by Crippen LogP contribution is -2.19. The average molecular weight is 282 g/mol. The number of fused-ring (bicyclic) bond motifs is 1. The van der Waals surface area contributed by atoms with Gasteiger partial charge in [0.25, 0.3) is 0 Å². The van der Waals surface area contributed by atoms with E-state index in [1.807, 2.05) is 30.3 Å². The summed E-state index contributed by atoms with van der Waals surface area (Å²) in [6.07, 6.45) is 3.28. The summed E-state index contributed by atoms with van der Waals surface area (Å²) in [6, 6.07) is 9.60. The van der Waals surface area contributed by atoms with E-state index in [2.05, 4.69) is 20.6 Å². The van der Waals surface area contributed by atoms with Gasteiger partial charge in [0.05, 0.1) is 29.3 Å². The topological polar surface area (TPSA) is 98.7 Å². The molecule has 0 bridgehead atoms. The molecule has 0 aliphatic carbocycles. The molecule has 7 heteroatoms. The molecule has 0 radical (unpaired) electrons. The van der Waals surface area contributed by atoms with Crippen molar-refractivity contribution in [3.63, 3.8) is 0 Å². The average Bonchev–Trinajstić information content (AvgIpc) is 2.94. The summed E-state index contributed by atoms with van der Waals surface area (Å²) in [5, 5.41) is 11.4. The van der Waals surface area contributed by atoms with Crippen LogP contribution in [0.3, 0.4) is 0 Å². The molecule has 0 unspecified atom stereocenters. The predicted molar refractivity (Wildman–Crippen MR) is 78.3 cm³/mol. The number of anilines is 1. The number of nitrogens with zero attached hydrogens (tertiary/aromatic N) is 4. The Balaban J connectivity index is 1.70. The molecular weight excluding hydrogens is 268 g/mol. The molecule has 106 valence electrons. The number of aromatic nitrogens is 4. The number of hydrogen-bond acceptors (Lipinski definition) is 5. The lowest BCUT2D eigenvalue weighted by Gasteiger charge is -2.05. The highest BCUT2D eigenvalue weighted by atomic mass is 16.2. The predicted octanol–water partition coefficient (Wildman–Crippen LogP) is 0.924. The zero-order chi connectivity index (χ0) is 14.7. The molecule has 0 aliphatic rings. The lowest BCUT2D eigenvalue weighted by molar-refractivity contribution is -0.116. The fourth-order valence-corrected chi connectivity index (χ4v) is 2.00. The smallest absolute Gasteiger partial charge is 0.246 e. The van der Waals surface area contributed by atoms with E-state index >= 15 is 0 Å². The van der Waals surface area contributed by atoms with Crippen LogP contribution in [0.15, 0.2) is 42.7 Å². The van der Waals surface area contributed by atoms with Gasteiger partial charge in [-0.1, -0.05) is 23.4 Å². The highest BCUT2D eigenvalue weighted by Crippen LogP contribution is 2.15. The van der Waals surface area contributed by atoms with E-state index < -0.39 is 0 Å². The van der Waals surface area contributed by atoms with Crippen LogP contribution in [0.25, 0.3) is 10.9 Å². The number of nitrogens with two attached hydrogens (primary N) is 1. The van der Waals surface area contributed by atoms with Crippen LogP contribution in [0.4, 0.5) is 5.69 Å². The van der Waals surface area contributed by atoms with Crippen molar-refractivity contribution < 1.29 is 4.79 Å². The summed E-state index contributed by atoms with van der Waals surface area (Å²) in [4.78, 5) is 16.2. The van der Waals surface area contributed by atoms with Crippen molar-refractivity contribution in [3.05, 3.63) is 48.4 Å². The van der Waals surface area contributed by atoms with Crippen molar-refractivity contribution in [1.82, 2.24) is 20.0 Å². The van der Waals surface area contributed by atoms with Crippen LogP contribution in [0.2, 0.25) is 0 Å². The molecule has 0 saturated carbocycles. The van der Waals surface area contributed by atoms with Gasteiger partial charge in [0.15, 0.2) is 0 Å². The zero-order valence-electron chi connectivity index (χ0n) is 11.2. The van der Waals surface area contributed by atoms with Gasteiger partial charge in [-0.25, -0.2) is 4.68 Å². The van der Waals surface area contributed by atoms with E-state index in [4.69, 9.17) is 5.73 Å². The van der Waals surface area contributed by atoms with Crippen LogP contribution >= 0.6 is 0 Å². The molecule has 1 amide bonds. The largest absolute Gasteiger partial charge is 0.325 e. The van der Waals surface area contributed by atoms with E-state index in [9.17, 15) is 4.79 Å². The molecule has 0 fully saturated rings. The van der Waals surface area contributed by atoms with Gasteiger partial charge in [-0.15, -0.1) is 5.10 Å².